The van der Waals surface area contributed by atoms with Gasteiger partial charge in [-0.3, -0.25) is 9.78 Å². The molecule has 4 aromatic heterocycles. The van der Waals surface area contributed by atoms with E-state index in [1.54, 1.807) is 23.7 Å². The van der Waals surface area contributed by atoms with E-state index in [1.807, 2.05) is 60.7 Å². The molecule has 35 heavy (non-hydrogen) atoms. The Morgan fingerprint density at radius 1 is 0.971 bits per heavy atom. The highest BCUT2D eigenvalue weighted by Gasteiger charge is 2.17. The summed E-state index contributed by atoms with van der Waals surface area (Å²) < 4.78 is 5.87. The maximum atomic E-state index is 13.4. The number of benzene rings is 2. The number of fused-ring (bicyclic) bond motifs is 2. The van der Waals surface area contributed by atoms with Gasteiger partial charge in [0.25, 0.3) is 0 Å². The van der Waals surface area contributed by atoms with Gasteiger partial charge in [0.1, 0.15) is 12.3 Å². The molecule has 0 radical (unpaired) electrons. The van der Waals surface area contributed by atoms with E-state index >= 15 is 0 Å². The Morgan fingerprint density at radius 3 is 2.69 bits per heavy atom. The Bertz CT molecular complexity index is 1740. The lowest BCUT2D eigenvalue weighted by molar-refractivity contribution is 0.303. The van der Waals surface area contributed by atoms with Crippen molar-refractivity contribution in [1.82, 2.24) is 15.0 Å². The van der Waals surface area contributed by atoms with Crippen LogP contribution in [-0.4, -0.2) is 15.0 Å². The standard InChI is InChI=1S/C29H21N3O2S/c1-18-9-12-26(35-18)27-22(20-10-11-24-21(14-20)8-5-13-30-24)15-23-28(33)25(16-31-29(23)32-27)34-17-19-6-3-2-4-7-19/h2-16H,17H2,1H3,(H,31,32,33). The first-order chi connectivity index (χ1) is 17.2. The van der Waals surface area contributed by atoms with Crippen molar-refractivity contribution in [3.8, 4) is 27.4 Å². The molecule has 6 heteroatoms. The van der Waals surface area contributed by atoms with Gasteiger partial charge in [-0.2, -0.15) is 0 Å². The lowest BCUT2D eigenvalue weighted by Crippen LogP contribution is -2.10. The quantitative estimate of drug-likeness (QED) is 0.299. The van der Waals surface area contributed by atoms with E-state index in [9.17, 15) is 4.79 Å². The van der Waals surface area contributed by atoms with Gasteiger partial charge in [0.2, 0.25) is 5.43 Å². The van der Waals surface area contributed by atoms with E-state index in [0.29, 0.717) is 17.6 Å². The molecule has 4 heterocycles. The molecule has 5 nitrogen and oxygen atoms in total. The number of pyridine rings is 3. The number of hydrogen-bond acceptors (Lipinski definition) is 5. The fraction of sp³-hybridized carbons (Fsp3) is 0.0690. The van der Waals surface area contributed by atoms with Crippen molar-refractivity contribution in [2.45, 2.75) is 13.5 Å². The molecule has 1 N–H and O–H groups in total. The molecule has 2 aromatic carbocycles. The van der Waals surface area contributed by atoms with Crippen LogP contribution in [0.1, 0.15) is 10.4 Å². The van der Waals surface area contributed by atoms with Gasteiger partial charge >= 0.3 is 0 Å². The number of H-pyrrole nitrogens is 1. The normalized spacial score (nSPS) is 11.2. The van der Waals surface area contributed by atoms with Crippen molar-refractivity contribution in [3.05, 3.63) is 112 Å². The van der Waals surface area contributed by atoms with Crippen molar-refractivity contribution in [1.29, 1.82) is 0 Å². The first-order valence-electron chi connectivity index (χ1n) is 11.3. The zero-order valence-corrected chi connectivity index (χ0v) is 19.8. The fourth-order valence-corrected chi connectivity index (χ4v) is 5.06. The number of nitrogens with one attached hydrogen (secondary N) is 1. The second-order valence-corrected chi connectivity index (χ2v) is 9.65. The van der Waals surface area contributed by atoms with Crippen LogP contribution in [0.2, 0.25) is 0 Å². The van der Waals surface area contributed by atoms with Crippen LogP contribution in [0, 0.1) is 6.92 Å². The maximum absolute atomic E-state index is 13.4. The number of aromatic nitrogens is 3. The molecule has 0 aliphatic heterocycles. The minimum atomic E-state index is -0.181. The van der Waals surface area contributed by atoms with Crippen LogP contribution in [0.4, 0.5) is 0 Å². The molecule has 0 aliphatic rings. The largest absolute Gasteiger partial charge is 0.483 e. The molecule has 0 aliphatic carbocycles. The number of thiophene rings is 1. The van der Waals surface area contributed by atoms with E-state index in [4.69, 9.17) is 9.72 Å². The molecule has 0 unspecified atom stereocenters. The van der Waals surface area contributed by atoms with E-state index in [2.05, 4.69) is 35.1 Å². The second kappa shape index (κ2) is 8.81. The molecular weight excluding hydrogens is 454 g/mol. The van der Waals surface area contributed by atoms with Crippen LogP contribution in [0.15, 0.2) is 96.1 Å². The number of aryl methyl sites for hydroxylation is 1. The summed E-state index contributed by atoms with van der Waals surface area (Å²) in [4.78, 5) is 28.2. The highest BCUT2D eigenvalue weighted by Crippen LogP contribution is 2.37. The summed E-state index contributed by atoms with van der Waals surface area (Å²) in [5.41, 5.74) is 5.00. The molecule has 0 saturated heterocycles. The third-order valence-corrected chi connectivity index (χ3v) is 6.96. The van der Waals surface area contributed by atoms with E-state index in [-0.39, 0.29) is 11.2 Å². The molecule has 0 fully saturated rings. The molecule has 170 valence electrons. The van der Waals surface area contributed by atoms with Crippen molar-refractivity contribution in [2.75, 3.05) is 0 Å². The van der Waals surface area contributed by atoms with Crippen molar-refractivity contribution in [3.63, 3.8) is 0 Å². The van der Waals surface area contributed by atoms with Crippen LogP contribution in [-0.2, 0) is 6.61 Å². The molecule has 0 atom stereocenters. The zero-order chi connectivity index (χ0) is 23.8. The third kappa shape index (κ3) is 4.09. The van der Waals surface area contributed by atoms with Gasteiger partial charge in [-0.05, 0) is 54.4 Å². The van der Waals surface area contributed by atoms with Crippen molar-refractivity contribution >= 4 is 33.3 Å². The van der Waals surface area contributed by atoms with E-state index in [1.165, 1.54) is 4.88 Å². The Hall–Kier alpha value is -4.29. The monoisotopic (exact) mass is 475 g/mol. The van der Waals surface area contributed by atoms with Crippen LogP contribution in [0.5, 0.6) is 5.75 Å². The Kier molecular flexibility index (Phi) is 5.35. The molecule has 0 bridgehead atoms. The minimum absolute atomic E-state index is 0.181. The smallest absolute Gasteiger partial charge is 0.232 e. The fourth-order valence-electron chi connectivity index (χ4n) is 4.18. The summed E-state index contributed by atoms with van der Waals surface area (Å²) >= 11 is 1.68. The number of hydrogen-bond donors (Lipinski definition) is 1. The van der Waals surface area contributed by atoms with E-state index < -0.39 is 0 Å². The predicted molar refractivity (Wildman–Crippen MR) is 142 cm³/mol. The molecule has 0 amide bonds. The van der Waals surface area contributed by atoms with Gasteiger partial charge in [0, 0.05) is 28.2 Å². The van der Waals surface area contributed by atoms with E-state index in [0.717, 1.165) is 38.2 Å². The molecular formula is C29H21N3O2S. The molecule has 0 saturated carbocycles. The van der Waals surface area contributed by atoms with Gasteiger partial charge in [-0.1, -0.05) is 42.5 Å². The number of ether oxygens (including phenoxy) is 1. The average Bonchev–Trinajstić information content (AvgIpc) is 3.34. The van der Waals surface area contributed by atoms with Crippen molar-refractivity contribution < 1.29 is 4.74 Å². The van der Waals surface area contributed by atoms with Gasteiger partial charge in [0.15, 0.2) is 5.75 Å². The van der Waals surface area contributed by atoms with Crippen molar-refractivity contribution in [2.24, 2.45) is 0 Å². The van der Waals surface area contributed by atoms with Crippen LogP contribution >= 0.6 is 11.3 Å². The minimum Gasteiger partial charge on any atom is -0.483 e. The van der Waals surface area contributed by atoms with Gasteiger partial charge in [0.05, 0.1) is 21.5 Å². The summed E-state index contributed by atoms with van der Waals surface area (Å²) in [6, 6.07) is 26.0. The topological polar surface area (TPSA) is 67.9 Å². The van der Waals surface area contributed by atoms with Gasteiger partial charge in [-0.15, -0.1) is 11.3 Å². The maximum Gasteiger partial charge on any atom is 0.232 e. The Balaban J connectivity index is 1.51. The molecule has 0 spiro atoms. The lowest BCUT2D eigenvalue weighted by Gasteiger charge is -2.12. The highest BCUT2D eigenvalue weighted by atomic mass is 32.1. The van der Waals surface area contributed by atoms with Crippen LogP contribution in [0.25, 0.3) is 43.6 Å². The number of aromatic amines is 1. The molecule has 6 aromatic rings. The highest BCUT2D eigenvalue weighted by molar-refractivity contribution is 7.15. The van der Waals surface area contributed by atoms with Crippen LogP contribution in [0.3, 0.4) is 0 Å². The average molecular weight is 476 g/mol. The first-order valence-corrected chi connectivity index (χ1v) is 12.1. The second-order valence-electron chi connectivity index (χ2n) is 8.36. The molecule has 6 rings (SSSR count). The summed E-state index contributed by atoms with van der Waals surface area (Å²) in [6.45, 7) is 2.40. The van der Waals surface area contributed by atoms with Crippen LogP contribution < -0.4 is 10.2 Å². The number of rotatable bonds is 5. The lowest BCUT2D eigenvalue weighted by atomic mass is 9.99. The summed E-state index contributed by atoms with van der Waals surface area (Å²) in [6.07, 6.45) is 3.39. The van der Waals surface area contributed by atoms with Gasteiger partial charge in [-0.25, -0.2) is 4.98 Å². The Morgan fingerprint density at radius 2 is 1.86 bits per heavy atom. The summed E-state index contributed by atoms with van der Waals surface area (Å²) in [5, 5.41) is 1.53. The number of nitrogens with zero attached hydrogens (tertiary/aromatic N) is 2. The zero-order valence-electron chi connectivity index (χ0n) is 19.0. The SMILES string of the molecule is Cc1ccc(-c2nc3[nH]cc(OCc4ccccc4)c(=O)c3cc2-c2ccc3ncccc3c2)s1. The summed E-state index contributed by atoms with van der Waals surface area (Å²) in [5.74, 6) is 0.275. The van der Waals surface area contributed by atoms with Gasteiger partial charge < -0.3 is 9.72 Å². The third-order valence-electron chi connectivity index (χ3n) is 5.96. The summed E-state index contributed by atoms with van der Waals surface area (Å²) in [7, 11) is 0. The first kappa shape index (κ1) is 21.3. The predicted octanol–water partition coefficient (Wildman–Crippen LogP) is 6.75. The Labute approximate surface area is 205 Å².